The zero-order chi connectivity index (χ0) is 13.2. The Morgan fingerprint density at radius 1 is 1.32 bits per heavy atom. The standard InChI is InChI=1S/C13H10ClN3OS/c14-10-4-2-1-3-9(10)13-17(12(18)8-19-13)11-7-15-5-6-16-11/h1-7,13H,8H2. The number of aromatic nitrogens is 2. The highest BCUT2D eigenvalue weighted by molar-refractivity contribution is 8.00. The van der Waals surface area contributed by atoms with Crippen LogP contribution in [0.15, 0.2) is 42.9 Å². The van der Waals surface area contributed by atoms with E-state index in [-0.39, 0.29) is 11.3 Å². The van der Waals surface area contributed by atoms with Crippen LogP contribution in [0.2, 0.25) is 5.02 Å². The second-order valence-corrected chi connectivity index (χ2v) is 5.49. The number of hydrogen-bond donors (Lipinski definition) is 0. The highest BCUT2D eigenvalue weighted by Crippen LogP contribution is 2.42. The topological polar surface area (TPSA) is 46.1 Å². The van der Waals surface area contributed by atoms with E-state index < -0.39 is 0 Å². The number of carbonyl (C=O) groups excluding carboxylic acids is 1. The van der Waals surface area contributed by atoms with Crippen molar-refractivity contribution in [3.8, 4) is 0 Å². The van der Waals surface area contributed by atoms with Gasteiger partial charge in [-0.1, -0.05) is 29.8 Å². The Morgan fingerprint density at radius 3 is 2.89 bits per heavy atom. The van der Waals surface area contributed by atoms with Gasteiger partial charge in [-0.25, -0.2) is 4.98 Å². The molecule has 1 unspecified atom stereocenters. The van der Waals surface area contributed by atoms with E-state index in [0.29, 0.717) is 16.6 Å². The Balaban J connectivity index is 2.02. The van der Waals surface area contributed by atoms with E-state index >= 15 is 0 Å². The maximum Gasteiger partial charge on any atom is 0.239 e. The fraction of sp³-hybridized carbons (Fsp3) is 0.154. The second-order valence-electron chi connectivity index (χ2n) is 4.01. The van der Waals surface area contributed by atoms with Crippen LogP contribution in [0.1, 0.15) is 10.9 Å². The van der Waals surface area contributed by atoms with Crippen LogP contribution in [0.5, 0.6) is 0 Å². The molecule has 4 nitrogen and oxygen atoms in total. The lowest BCUT2D eigenvalue weighted by atomic mass is 10.2. The average Bonchev–Trinajstić information content (AvgIpc) is 2.82. The number of anilines is 1. The van der Waals surface area contributed by atoms with Gasteiger partial charge >= 0.3 is 0 Å². The van der Waals surface area contributed by atoms with Gasteiger partial charge in [0.15, 0.2) is 5.82 Å². The van der Waals surface area contributed by atoms with E-state index in [1.807, 2.05) is 24.3 Å². The molecule has 96 valence electrons. The number of nitrogens with zero attached hydrogens (tertiary/aromatic N) is 3. The molecule has 6 heteroatoms. The van der Waals surface area contributed by atoms with Crippen molar-refractivity contribution in [2.75, 3.05) is 10.7 Å². The lowest BCUT2D eigenvalue weighted by molar-refractivity contribution is -0.115. The number of amides is 1. The Labute approximate surface area is 119 Å². The summed E-state index contributed by atoms with van der Waals surface area (Å²) in [6.45, 7) is 0. The molecule has 2 heterocycles. The van der Waals surface area contributed by atoms with E-state index in [9.17, 15) is 4.79 Å². The number of benzene rings is 1. The molecule has 1 aliphatic heterocycles. The van der Waals surface area contributed by atoms with Gasteiger partial charge in [0.1, 0.15) is 5.37 Å². The van der Waals surface area contributed by atoms with E-state index in [2.05, 4.69) is 9.97 Å². The summed E-state index contributed by atoms with van der Waals surface area (Å²) in [7, 11) is 0. The van der Waals surface area contributed by atoms with Crippen LogP contribution in [0.4, 0.5) is 5.82 Å². The summed E-state index contributed by atoms with van der Waals surface area (Å²) in [5.74, 6) is 1.00. The first-order valence-electron chi connectivity index (χ1n) is 5.71. The predicted molar refractivity (Wildman–Crippen MR) is 76.2 cm³/mol. The first kappa shape index (κ1) is 12.4. The summed E-state index contributed by atoms with van der Waals surface area (Å²) >= 11 is 7.76. The fourth-order valence-corrected chi connectivity index (χ4v) is 3.50. The van der Waals surface area contributed by atoms with Gasteiger partial charge < -0.3 is 0 Å². The van der Waals surface area contributed by atoms with Crippen LogP contribution in [0, 0.1) is 0 Å². The van der Waals surface area contributed by atoms with Crippen molar-refractivity contribution in [3.63, 3.8) is 0 Å². The van der Waals surface area contributed by atoms with Gasteiger partial charge in [-0.2, -0.15) is 0 Å². The van der Waals surface area contributed by atoms with Crippen LogP contribution in [-0.4, -0.2) is 21.6 Å². The molecule has 1 aromatic heterocycles. The third-order valence-electron chi connectivity index (χ3n) is 2.84. The molecule has 1 aliphatic rings. The summed E-state index contributed by atoms with van der Waals surface area (Å²) in [6.07, 6.45) is 4.75. The number of halogens is 1. The smallest absolute Gasteiger partial charge is 0.239 e. The van der Waals surface area contributed by atoms with E-state index in [0.717, 1.165) is 5.56 Å². The highest BCUT2D eigenvalue weighted by Gasteiger charge is 2.35. The zero-order valence-corrected chi connectivity index (χ0v) is 11.4. The summed E-state index contributed by atoms with van der Waals surface area (Å²) in [5, 5.41) is 0.515. The van der Waals surface area contributed by atoms with Crippen molar-refractivity contribution in [1.82, 2.24) is 9.97 Å². The molecule has 0 spiro atoms. The minimum absolute atomic E-state index is 0.0235. The molecule has 2 aromatic rings. The molecule has 0 aliphatic carbocycles. The van der Waals surface area contributed by atoms with Gasteiger partial charge in [-0.05, 0) is 6.07 Å². The minimum Gasteiger partial charge on any atom is -0.278 e. The Kier molecular flexibility index (Phi) is 3.40. The minimum atomic E-state index is -0.141. The van der Waals surface area contributed by atoms with Gasteiger partial charge in [0.05, 0.1) is 11.9 Å². The lowest BCUT2D eigenvalue weighted by Gasteiger charge is -2.23. The fourth-order valence-electron chi connectivity index (χ4n) is 1.99. The molecule has 1 fully saturated rings. The first-order chi connectivity index (χ1) is 9.27. The van der Waals surface area contributed by atoms with Crippen LogP contribution < -0.4 is 4.90 Å². The highest BCUT2D eigenvalue weighted by atomic mass is 35.5. The Hall–Kier alpha value is -1.59. The largest absolute Gasteiger partial charge is 0.278 e. The molecule has 3 rings (SSSR count). The van der Waals surface area contributed by atoms with E-state index in [4.69, 9.17) is 11.6 Å². The quantitative estimate of drug-likeness (QED) is 0.853. The van der Waals surface area contributed by atoms with Gasteiger partial charge in [0.25, 0.3) is 0 Å². The summed E-state index contributed by atoms with van der Waals surface area (Å²) in [5.41, 5.74) is 0.922. The molecule has 0 radical (unpaired) electrons. The maximum atomic E-state index is 12.1. The van der Waals surface area contributed by atoms with Crippen molar-refractivity contribution >= 4 is 35.1 Å². The lowest BCUT2D eigenvalue weighted by Crippen LogP contribution is -2.28. The monoisotopic (exact) mass is 291 g/mol. The van der Waals surface area contributed by atoms with Crippen molar-refractivity contribution in [3.05, 3.63) is 53.4 Å². The van der Waals surface area contributed by atoms with Crippen LogP contribution >= 0.6 is 23.4 Å². The zero-order valence-electron chi connectivity index (χ0n) is 9.86. The second kappa shape index (κ2) is 5.19. The summed E-state index contributed by atoms with van der Waals surface area (Å²) in [6, 6.07) is 7.55. The maximum absolute atomic E-state index is 12.1. The third-order valence-corrected chi connectivity index (χ3v) is 4.37. The molecule has 0 saturated carbocycles. The average molecular weight is 292 g/mol. The number of carbonyl (C=O) groups is 1. The number of hydrogen-bond acceptors (Lipinski definition) is 4. The molecular weight excluding hydrogens is 282 g/mol. The van der Waals surface area contributed by atoms with Crippen molar-refractivity contribution in [1.29, 1.82) is 0 Å². The van der Waals surface area contributed by atoms with E-state index in [1.165, 1.54) is 0 Å². The van der Waals surface area contributed by atoms with Gasteiger partial charge in [0.2, 0.25) is 5.91 Å². The Morgan fingerprint density at radius 2 is 2.16 bits per heavy atom. The third kappa shape index (κ3) is 2.31. The van der Waals surface area contributed by atoms with Gasteiger partial charge in [-0.15, -0.1) is 11.8 Å². The molecule has 1 atom stereocenters. The van der Waals surface area contributed by atoms with Crippen LogP contribution in [0.3, 0.4) is 0 Å². The number of rotatable bonds is 2. The molecule has 1 amide bonds. The normalized spacial score (nSPS) is 18.9. The van der Waals surface area contributed by atoms with Gasteiger partial charge in [0, 0.05) is 23.0 Å². The number of thioether (sulfide) groups is 1. The van der Waals surface area contributed by atoms with Crippen molar-refractivity contribution in [2.24, 2.45) is 0 Å². The van der Waals surface area contributed by atoms with Gasteiger partial charge in [-0.3, -0.25) is 14.7 Å². The molecule has 1 aromatic carbocycles. The summed E-state index contributed by atoms with van der Waals surface area (Å²) in [4.78, 5) is 21.9. The molecule has 0 bridgehead atoms. The molecule has 0 N–H and O–H groups in total. The summed E-state index contributed by atoms with van der Waals surface area (Å²) < 4.78 is 0. The van der Waals surface area contributed by atoms with E-state index in [1.54, 1.807) is 35.3 Å². The van der Waals surface area contributed by atoms with Crippen LogP contribution in [0.25, 0.3) is 0 Å². The molecule has 1 saturated heterocycles. The van der Waals surface area contributed by atoms with Crippen molar-refractivity contribution in [2.45, 2.75) is 5.37 Å². The molecular formula is C13H10ClN3OS. The predicted octanol–water partition coefficient (Wildman–Crippen LogP) is 2.91. The first-order valence-corrected chi connectivity index (χ1v) is 7.14. The van der Waals surface area contributed by atoms with Crippen LogP contribution in [-0.2, 0) is 4.79 Å². The van der Waals surface area contributed by atoms with Crippen molar-refractivity contribution < 1.29 is 4.79 Å². The Bertz CT molecular complexity index is 608. The SMILES string of the molecule is O=C1CSC(c2ccccc2Cl)N1c1cnccn1. The molecule has 19 heavy (non-hydrogen) atoms.